The lowest BCUT2D eigenvalue weighted by atomic mass is 10.1. The maximum absolute atomic E-state index is 13.3. The number of aromatic nitrogens is 4. The first kappa shape index (κ1) is 19.5. The minimum Gasteiger partial charge on any atom is -0.271 e. The van der Waals surface area contributed by atoms with E-state index in [0.717, 1.165) is 23.1 Å². The number of hydrogen-bond donors (Lipinski definition) is 0. The standard InChI is InChI=1S/C24H22N4O2S/c1-3-17-8-10-18(11-9-17)14-26-22(29)21-20(12-13-31-21)28-23(26)25-27(24(28)30)15-19-7-5-4-6-16(19)2/h4-13H,3,14-15H2,1-2H3. The quantitative estimate of drug-likeness (QED) is 0.426. The molecule has 0 saturated heterocycles. The van der Waals surface area contributed by atoms with Gasteiger partial charge in [-0.3, -0.25) is 9.36 Å². The number of nitrogens with zero attached hydrogens (tertiary/aromatic N) is 4. The first-order chi connectivity index (χ1) is 15.1. The van der Waals surface area contributed by atoms with E-state index in [1.165, 1.54) is 21.6 Å². The van der Waals surface area contributed by atoms with Gasteiger partial charge in [0.05, 0.1) is 18.6 Å². The van der Waals surface area contributed by atoms with Gasteiger partial charge in [0.25, 0.3) is 5.56 Å². The number of aryl methyl sites for hydroxylation is 2. The van der Waals surface area contributed by atoms with Gasteiger partial charge in [-0.1, -0.05) is 55.5 Å². The zero-order valence-electron chi connectivity index (χ0n) is 17.4. The summed E-state index contributed by atoms with van der Waals surface area (Å²) in [4.78, 5) is 26.6. The van der Waals surface area contributed by atoms with Gasteiger partial charge in [0.1, 0.15) is 4.70 Å². The van der Waals surface area contributed by atoms with Crippen LogP contribution in [0.5, 0.6) is 0 Å². The van der Waals surface area contributed by atoms with Gasteiger partial charge in [-0.25, -0.2) is 13.9 Å². The molecule has 6 nitrogen and oxygen atoms in total. The summed E-state index contributed by atoms with van der Waals surface area (Å²) in [5, 5.41) is 6.45. The van der Waals surface area contributed by atoms with E-state index in [1.807, 2.05) is 54.8 Å². The third kappa shape index (κ3) is 3.31. The second-order valence-electron chi connectivity index (χ2n) is 7.70. The Morgan fingerprint density at radius 3 is 2.42 bits per heavy atom. The normalized spacial score (nSPS) is 11.5. The zero-order chi connectivity index (χ0) is 21.5. The van der Waals surface area contributed by atoms with Crippen molar-refractivity contribution in [2.75, 3.05) is 0 Å². The number of thiophene rings is 1. The third-order valence-electron chi connectivity index (χ3n) is 5.74. The molecule has 0 aliphatic rings. The monoisotopic (exact) mass is 430 g/mol. The van der Waals surface area contributed by atoms with Gasteiger partial charge >= 0.3 is 5.69 Å². The van der Waals surface area contributed by atoms with Crippen molar-refractivity contribution in [3.63, 3.8) is 0 Å². The van der Waals surface area contributed by atoms with Crippen molar-refractivity contribution < 1.29 is 0 Å². The number of benzene rings is 2. The molecule has 0 aliphatic carbocycles. The highest BCUT2D eigenvalue weighted by atomic mass is 32.1. The van der Waals surface area contributed by atoms with E-state index in [-0.39, 0.29) is 11.2 Å². The molecule has 7 heteroatoms. The summed E-state index contributed by atoms with van der Waals surface area (Å²) in [7, 11) is 0. The second kappa shape index (κ2) is 7.67. The Labute approximate surface area is 182 Å². The SMILES string of the molecule is CCc1ccc(Cn2c(=O)c3sccc3n3c(=O)n(Cc4ccccc4C)nc23)cc1. The molecule has 31 heavy (non-hydrogen) atoms. The van der Waals surface area contributed by atoms with Crippen LogP contribution >= 0.6 is 11.3 Å². The van der Waals surface area contributed by atoms with Crippen LogP contribution in [-0.2, 0) is 19.5 Å². The van der Waals surface area contributed by atoms with E-state index in [2.05, 4.69) is 24.2 Å². The first-order valence-electron chi connectivity index (χ1n) is 10.3. The highest BCUT2D eigenvalue weighted by molar-refractivity contribution is 7.17. The van der Waals surface area contributed by atoms with Crippen LogP contribution in [-0.4, -0.2) is 18.7 Å². The van der Waals surface area contributed by atoms with Gasteiger partial charge < -0.3 is 0 Å². The van der Waals surface area contributed by atoms with Crippen LogP contribution in [0.3, 0.4) is 0 Å². The fourth-order valence-electron chi connectivity index (χ4n) is 3.89. The van der Waals surface area contributed by atoms with Crippen molar-refractivity contribution in [2.45, 2.75) is 33.4 Å². The summed E-state index contributed by atoms with van der Waals surface area (Å²) in [6, 6.07) is 18.0. The molecule has 0 radical (unpaired) electrons. The van der Waals surface area contributed by atoms with Crippen molar-refractivity contribution in [1.29, 1.82) is 0 Å². The fraction of sp³-hybridized carbons (Fsp3) is 0.208. The maximum Gasteiger partial charge on any atom is 0.352 e. The molecule has 0 atom stereocenters. The van der Waals surface area contributed by atoms with Crippen LogP contribution in [0.15, 0.2) is 69.6 Å². The second-order valence-corrected chi connectivity index (χ2v) is 8.61. The minimum atomic E-state index is -0.239. The van der Waals surface area contributed by atoms with E-state index < -0.39 is 0 Å². The zero-order valence-corrected chi connectivity index (χ0v) is 18.2. The van der Waals surface area contributed by atoms with Crippen molar-refractivity contribution in [3.05, 3.63) is 103 Å². The Balaban J connectivity index is 1.70. The van der Waals surface area contributed by atoms with Crippen LogP contribution in [0.2, 0.25) is 0 Å². The van der Waals surface area contributed by atoms with Crippen molar-refractivity contribution >= 4 is 27.3 Å². The van der Waals surface area contributed by atoms with Gasteiger partial charge in [0.2, 0.25) is 5.78 Å². The van der Waals surface area contributed by atoms with E-state index in [1.54, 1.807) is 8.97 Å². The van der Waals surface area contributed by atoms with Crippen LogP contribution < -0.4 is 11.2 Å². The summed E-state index contributed by atoms with van der Waals surface area (Å²) in [6.07, 6.45) is 0.963. The highest BCUT2D eigenvalue weighted by Crippen LogP contribution is 2.18. The molecule has 0 N–H and O–H groups in total. The molecule has 0 spiro atoms. The van der Waals surface area contributed by atoms with Crippen molar-refractivity contribution in [2.24, 2.45) is 0 Å². The topological polar surface area (TPSA) is 61.3 Å². The lowest BCUT2D eigenvalue weighted by molar-refractivity contribution is 0.652. The minimum absolute atomic E-state index is 0.120. The van der Waals surface area contributed by atoms with E-state index in [4.69, 9.17) is 0 Å². The number of hydrogen-bond acceptors (Lipinski definition) is 4. The Hall–Kier alpha value is -3.45. The largest absolute Gasteiger partial charge is 0.352 e. The molecule has 0 saturated carbocycles. The first-order valence-corrected chi connectivity index (χ1v) is 11.2. The molecule has 2 aromatic carbocycles. The smallest absolute Gasteiger partial charge is 0.271 e. The molecule has 0 bridgehead atoms. The van der Waals surface area contributed by atoms with Crippen LogP contribution in [0, 0.1) is 6.92 Å². The average Bonchev–Trinajstić information content (AvgIpc) is 3.38. The van der Waals surface area contributed by atoms with E-state index >= 15 is 0 Å². The van der Waals surface area contributed by atoms with Gasteiger partial charge in [-0.05, 0) is 47.0 Å². The van der Waals surface area contributed by atoms with Gasteiger partial charge in [-0.2, -0.15) is 0 Å². The van der Waals surface area contributed by atoms with Gasteiger partial charge in [0.15, 0.2) is 0 Å². The Bertz CT molecular complexity index is 1520. The fourth-order valence-corrected chi connectivity index (χ4v) is 4.72. The predicted molar refractivity (Wildman–Crippen MR) is 124 cm³/mol. The number of fused-ring (bicyclic) bond motifs is 3. The van der Waals surface area contributed by atoms with E-state index in [9.17, 15) is 9.59 Å². The molecule has 156 valence electrons. The maximum atomic E-state index is 13.3. The predicted octanol–water partition coefficient (Wildman–Crippen LogP) is 3.84. The molecule has 5 aromatic rings. The Morgan fingerprint density at radius 1 is 0.935 bits per heavy atom. The van der Waals surface area contributed by atoms with Crippen LogP contribution in [0.4, 0.5) is 0 Å². The van der Waals surface area contributed by atoms with Crippen LogP contribution in [0.1, 0.15) is 29.2 Å². The summed E-state index contributed by atoms with van der Waals surface area (Å²) in [5.74, 6) is 0.369. The molecule has 3 aromatic heterocycles. The van der Waals surface area contributed by atoms with Crippen molar-refractivity contribution in [1.82, 2.24) is 18.7 Å². The molecule has 5 rings (SSSR count). The molecule has 0 unspecified atom stereocenters. The Morgan fingerprint density at radius 2 is 1.68 bits per heavy atom. The lowest BCUT2D eigenvalue weighted by Gasteiger charge is -2.08. The van der Waals surface area contributed by atoms with Gasteiger partial charge in [0, 0.05) is 0 Å². The molecule has 0 fully saturated rings. The molecule has 0 aliphatic heterocycles. The average molecular weight is 431 g/mol. The summed E-state index contributed by atoms with van der Waals surface area (Å²) < 4.78 is 5.18. The highest BCUT2D eigenvalue weighted by Gasteiger charge is 2.19. The van der Waals surface area contributed by atoms with Crippen LogP contribution in [0.25, 0.3) is 16.0 Å². The molecular weight excluding hydrogens is 408 g/mol. The Kier molecular flexibility index (Phi) is 4.82. The summed E-state index contributed by atoms with van der Waals surface area (Å²) in [6.45, 7) is 4.85. The number of rotatable bonds is 5. The third-order valence-corrected chi connectivity index (χ3v) is 6.63. The molecular formula is C24H22N4O2S. The summed E-state index contributed by atoms with van der Waals surface area (Å²) in [5.41, 5.74) is 4.62. The van der Waals surface area contributed by atoms with Crippen molar-refractivity contribution in [3.8, 4) is 0 Å². The molecule has 0 amide bonds. The lowest BCUT2D eigenvalue weighted by Crippen LogP contribution is -2.26. The molecule has 3 heterocycles. The summed E-state index contributed by atoms with van der Waals surface area (Å²) >= 11 is 1.35. The van der Waals surface area contributed by atoms with Gasteiger partial charge in [-0.15, -0.1) is 16.4 Å². The van der Waals surface area contributed by atoms with E-state index in [0.29, 0.717) is 29.1 Å².